The van der Waals surface area contributed by atoms with Gasteiger partial charge in [-0.05, 0) is 36.8 Å². The summed E-state index contributed by atoms with van der Waals surface area (Å²) in [6.45, 7) is 2.11. The minimum atomic E-state index is 0.641. The number of fused-ring (bicyclic) bond motifs is 3. The summed E-state index contributed by atoms with van der Waals surface area (Å²) in [5, 5.41) is 2.20. The highest BCUT2D eigenvalue weighted by Crippen LogP contribution is 2.34. The van der Waals surface area contributed by atoms with Crippen LogP contribution in [0.1, 0.15) is 5.56 Å². The Labute approximate surface area is 185 Å². The van der Waals surface area contributed by atoms with Crippen LogP contribution in [-0.4, -0.2) is 15.0 Å². The molecule has 0 fully saturated rings. The Morgan fingerprint density at radius 3 is 1.75 bits per heavy atom. The summed E-state index contributed by atoms with van der Waals surface area (Å²) < 4.78 is 6.06. The van der Waals surface area contributed by atoms with E-state index in [2.05, 4.69) is 19.1 Å². The van der Waals surface area contributed by atoms with Gasteiger partial charge in [-0.3, -0.25) is 0 Å². The molecule has 0 atom stereocenters. The van der Waals surface area contributed by atoms with Crippen LogP contribution >= 0.6 is 0 Å². The zero-order valence-electron chi connectivity index (χ0n) is 17.5. The van der Waals surface area contributed by atoms with E-state index in [1.54, 1.807) is 0 Å². The van der Waals surface area contributed by atoms with Gasteiger partial charge in [-0.15, -0.1) is 0 Å². The quantitative estimate of drug-likeness (QED) is 0.311. The molecule has 4 nitrogen and oxygen atoms in total. The molecule has 2 heterocycles. The Hall–Kier alpha value is -4.31. The second kappa shape index (κ2) is 7.43. The lowest BCUT2D eigenvalue weighted by Gasteiger charge is -2.08. The maximum Gasteiger partial charge on any atom is 0.164 e. The van der Waals surface area contributed by atoms with Gasteiger partial charge >= 0.3 is 0 Å². The van der Waals surface area contributed by atoms with Gasteiger partial charge in [0.25, 0.3) is 0 Å². The number of nitrogens with zero attached hydrogens (tertiary/aromatic N) is 3. The molecule has 6 rings (SSSR count). The number of aromatic nitrogens is 3. The third kappa shape index (κ3) is 3.13. The molecule has 32 heavy (non-hydrogen) atoms. The summed E-state index contributed by atoms with van der Waals surface area (Å²) in [6, 6.07) is 32.3. The van der Waals surface area contributed by atoms with Crippen molar-refractivity contribution in [3.8, 4) is 34.2 Å². The van der Waals surface area contributed by atoms with Gasteiger partial charge in [0.05, 0.1) is 0 Å². The number of benzene rings is 4. The van der Waals surface area contributed by atoms with Crippen LogP contribution in [-0.2, 0) is 0 Å². The Morgan fingerprint density at radius 1 is 0.531 bits per heavy atom. The molecule has 6 aromatic rings. The lowest BCUT2D eigenvalue weighted by Crippen LogP contribution is -2.00. The molecule has 0 amide bonds. The van der Waals surface area contributed by atoms with Crippen LogP contribution in [0.4, 0.5) is 0 Å². The van der Waals surface area contributed by atoms with Crippen molar-refractivity contribution in [3.63, 3.8) is 0 Å². The normalized spacial score (nSPS) is 11.3. The van der Waals surface area contributed by atoms with Gasteiger partial charge in [-0.2, -0.15) is 0 Å². The van der Waals surface area contributed by atoms with E-state index in [1.807, 2.05) is 84.9 Å². The number of aryl methyl sites for hydroxylation is 1. The minimum absolute atomic E-state index is 0.641. The van der Waals surface area contributed by atoms with Gasteiger partial charge < -0.3 is 4.42 Å². The lowest BCUT2D eigenvalue weighted by atomic mass is 10.1. The number of hydrogen-bond donors (Lipinski definition) is 0. The second-order valence-corrected chi connectivity index (χ2v) is 7.80. The first-order valence-electron chi connectivity index (χ1n) is 10.6. The predicted molar refractivity (Wildman–Crippen MR) is 128 cm³/mol. The van der Waals surface area contributed by atoms with E-state index in [9.17, 15) is 0 Å². The fraction of sp³-hybridized carbons (Fsp3) is 0.0357. The Balaban J connectivity index is 1.59. The highest BCUT2D eigenvalue weighted by Gasteiger charge is 2.15. The van der Waals surface area contributed by atoms with Crippen molar-refractivity contribution in [2.24, 2.45) is 0 Å². The molecule has 4 heteroatoms. The highest BCUT2D eigenvalue weighted by atomic mass is 16.3. The molecule has 0 unspecified atom stereocenters. The van der Waals surface area contributed by atoms with Gasteiger partial charge in [-0.25, -0.2) is 15.0 Å². The second-order valence-electron chi connectivity index (χ2n) is 7.80. The molecular formula is C28H19N3O. The van der Waals surface area contributed by atoms with E-state index in [0.717, 1.165) is 38.6 Å². The van der Waals surface area contributed by atoms with Gasteiger partial charge in [0.2, 0.25) is 0 Å². The van der Waals surface area contributed by atoms with Crippen molar-refractivity contribution >= 4 is 21.9 Å². The summed E-state index contributed by atoms with van der Waals surface area (Å²) in [6.07, 6.45) is 0. The van der Waals surface area contributed by atoms with Crippen molar-refractivity contribution in [1.29, 1.82) is 0 Å². The Morgan fingerprint density at radius 2 is 1.12 bits per heavy atom. The molecule has 4 aromatic carbocycles. The van der Waals surface area contributed by atoms with E-state index < -0.39 is 0 Å². The first-order valence-corrected chi connectivity index (χ1v) is 10.6. The summed E-state index contributed by atoms with van der Waals surface area (Å²) in [5.41, 5.74) is 5.78. The Bertz CT molecular complexity index is 1510. The average Bonchev–Trinajstić information content (AvgIpc) is 3.24. The van der Waals surface area contributed by atoms with Gasteiger partial charge in [-0.1, -0.05) is 72.8 Å². The SMILES string of the molecule is Cc1cccc2oc3ccc(-c4nc(-c5ccccc5)nc(-c5ccccc5)n4)cc3c12. The van der Waals surface area contributed by atoms with E-state index >= 15 is 0 Å². The summed E-state index contributed by atoms with van der Waals surface area (Å²) >= 11 is 0. The average molecular weight is 413 g/mol. The Kier molecular flexibility index (Phi) is 4.29. The van der Waals surface area contributed by atoms with Crippen molar-refractivity contribution in [3.05, 3.63) is 103 Å². The smallest absolute Gasteiger partial charge is 0.164 e. The molecule has 0 saturated carbocycles. The molecule has 0 saturated heterocycles. The van der Waals surface area contributed by atoms with E-state index in [4.69, 9.17) is 19.4 Å². The van der Waals surface area contributed by atoms with Crippen molar-refractivity contribution in [2.75, 3.05) is 0 Å². The zero-order chi connectivity index (χ0) is 21.5. The maximum atomic E-state index is 6.06. The van der Waals surface area contributed by atoms with E-state index in [-0.39, 0.29) is 0 Å². The third-order valence-electron chi connectivity index (χ3n) is 5.66. The van der Waals surface area contributed by atoms with Gasteiger partial charge in [0, 0.05) is 27.5 Å². The zero-order valence-corrected chi connectivity index (χ0v) is 17.5. The number of hydrogen-bond acceptors (Lipinski definition) is 4. The molecule has 0 bridgehead atoms. The summed E-state index contributed by atoms with van der Waals surface area (Å²) in [5.74, 6) is 1.95. The first kappa shape index (κ1) is 18.5. The van der Waals surface area contributed by atoms with Crippen LogP contribution in [0.3, 0.4) is 0 Å². The monoisotopic (exact) mass is 413 g/mol. The van der Waals surface area contributed by atoms with Crippen LogP contribution in [0.25, 0.3) is 56.1 Å². The van der Waals surface area contributed by atoms with Crippen LogP contribution in [0.2, 0.25) is 0 Å². The van der Waals surface area contributed by atoms with Gasteiger partial charge in [0.1, 0.15) is 11.2 Å². The van der Waals surface area contributed by atoms with Crippen molar-refractivity contribution in [1.82, 2.24) is 15.0 Å². The van der Waals surface area contributed by atoms with E-state index in [0.29, 0.717) is 17.5 Å². The minimum Gasteiger partial charge on any atom is -0.456 e. The topological polar surface area (TPSA) is 51.8 Å². The molecule has 0 N–H and O–H groups in total. The molecule has 0 aliphatic carbocycles. The first-order chi connectivity index (χ1) is 15.8. The molecule has 152 valence electrons. The predicted octanol–water partition coefficient (Wildman–Crippen LogP) is 7.08. The van der Waals surface area contributed by atoms with Crippen LogP contribution in [0.5, 0.6) is 0 Å². The molecule has 0 radical (unpaired) electrons. The number of furan rings is 1. The maximum absolute atomic E-state index is 6.06. The van der Waals surface area contributed by atoms with Crippen molar-refractivity contribution < 1.29 is 4.42 Å². The molecule has 0 spiro atoms. The summed E-state index contributed by atoms with van der Waals surface area (Å²) in [7, 11) is 0. The summed E-state index contributed by atoms with van der Waals surface area (Å²) in [4.78, 5) is 14.5. The van der Waals surface area contributed by atoms with Crippen LogP contribution in [0, 0.1) is 6.92 Å². The molecular weight excluding hydrogens is 394 g/mol. The number of rotatable bonds is 3. The highest BCUT2D eigenvalue weighted by molar-refractivity contribution is 6.07. The standard InChI is InChI=1S/C28H19N3O/c1-18-9-8-14-24-25(18)22-17-21(15-16-23(22)32-24)28-30-26(19-10-4-2-5-11-19)29-27(31-28)20-12-6-3-7-13-20/h2-17H,1H3. The fourth-order valence-electron chi connectivity index (χ4n) is 4.08. The molecule has 2 aromatic heterocycles. The van der Waals surface area contributed by atoms with E-state index in [1.165, 1.54) is 5.56 Å². The lowest BCUT2D eigenvalue weighted by molar-refractivity contribution is 0.669. The molecule has 0 aliphatic rings. The van der Waals surface area contributed by atoms with Gasteiger partial charge in [0.15, 0.2) is 17.5 Å². The molecule has 0 aliphatic heterocycles. The van der Waals surface area contributed by atoms with Crippen LogP contribution in [0.15, 0.2) is 101 Å². The van der Waals surface area contributed by atoms with Crippen molar-refractivity contribution in [2.45, 2.75) is 6.92 Å². The third-order valence-corrected chi connectivity index (χ3v) is 5.66. The van der Waals surface area contributed by atoms with Crippen LogP contribution < -0.4 is 0 Å². The fourth-order valence-corrected chi connectivity index (χ4v) is 4.08. The largest absolute Gasteiger partial charge is 0.456 e.